The summed E-state index contributed by atoms with van der Waals surface area (Å²) in [5, 5.41) is 0. The second kappa shape index (κ2) is 4.80. The van der Waals surface area contributed by atoms with Crippen LogP contribution in [0.3, 0.4) is 0 Å². The van der Waals surface area contributed by atoms with E-state index < -0.39 is 0 Å². The van der Waals surface area contributed by atoms with Crippen LogP contribution in [0.25, 0.3) is 0 Å². The second-order valence-electron chi connectivity index (χ2n) is 3.61. The van der Waals surface area contributed by atoms with Crippen molar-refractivity contribution in [3.05, 3.63) is 0 Å². The second-order valence-corrected chi connectivity index (χ2v) is 3.61. The molecule has 1 atom stereocenters. The highest BCUT2D eigenvalue weighted by atomic mass is 16.5. The fraction of sp³-hybridized carbons (Fsp3) is 1.00. The van der Waals surface area contributed by atoms with Crippen LogP contribution in [0.5, 0.6) is 0 Å². The van der Waals surface area contributed by atoms with Gasteiger partial charge >= 0.3 is 0 Å². The van der Waals surface area contributed by atoms with Crippen LogP contribution in [0.2, 0.25) is 0 Å². The van der Waals surface area contributed by atoms with Crippen molar-refractivity contribution in [3.63, 3.8) is 0 Å². The van der Waals surface area contributed by atoms with Crippen molar-refractivity contribution in [1.29, 1.82) is 0 Å². The SMILES string of the molecule is COCCCCC1(N)CCOC1. The van der Waals surface area contributed by atoms with Crippen molar-refractivity contribution < 1.29 is 9.47 Å². The van der Waals surface area contributed by atoms with Gasteiger partial charge in [0.25, 0.3) is 0 Å². The minimum absolute atomic E-state index is 0.0340. The lowest BCUT2D eigenvalue weighted by atomic mass is 9.93. The monoisotopic (exact) mass is 173 g/mol. The Hall–Kier alpha value is -0.120. The van der Waals surface area contributed by atoms with Gasteiger partial charge in [-0.1, -0.05) is 0 Å². The van der Waals surface area contributed by atoms with E-state index in [2.05, 4.69) is 0 Å². The molecule has 72 valence electrons. The summed E-state index contributed by atoms with van der Waals surface area (Å²) in [5.41, 5.74) is 6.04. The third kappa shape index (κ3) is 3.09. The number of ether oxygens (including phenoxy) is 2. The van der Waals surface area contributed by atoms with E-state index in [9.17, 15) is 0 Å². The minimum Gasteiger partial charge on any atom is -0.385 e. The smallest absolute Gasteiger partial charge is 0.0647 e. The van der Waals surface area contributed by atoms with Gasteiger partial charge < -0.3 is 15.2 Å². The van der Waals surface area contributed by atoms with Crippen molar-refractivity contribution in [2.75, 3.05) is 26.9 Å². The molecule has 3 heteroatoms. The van der Waals surface area contributed by atoms with Gasteiger partial charge in [-0.3, -0.25) is 0 Å². The Morgan fingerprint density at radius 2 is 2.33 bits per heavy atom. The molecule has 1 aliphatic rings. The van der Waals surface area contributed by atoms with Gasteiger partial charge in [0.1, 0.15) is 0 Å². The molecule has 1 fully saturated rings. The fourth-order valence-corrected chi connectivity index (χ4v) is 1.54. The number of nitrogens with two attached hydrogens (primary N) is 1. The third-order valence-corrected chi connectivity index (χ3v) is 2.41. The summed E-state index contributed by atoms with van der Waals surface area (Å²) < 4.78 is 10.2. The molecule has 1 aliphatic heterocycles. The van der Waals surface area contributed by atoms with Gasteiger partial charge in [0, 0.05) is 25.9 Å². The Balaban J connectivity index is 2.05. The zero-order valence-electron chi connectivity index (χ0n) is 7.84. The predicted molar refractivity (Wildman–Crippen MR) is 48.1 cm³/mol. The van der Waals surface area contributed by atoms with Crippen molar-refractivity contribution in [2.24, 2.45) is 5.73 Å². The van der Waals surface area contributed by atoms with Gasteiger partial charge in [-0.2, -0.15) is 0 Å². The molecule has 1 saturated heterocycles. The van der Waals surface area contributed by atoms with E-state index in [0.717, 1.165) is 45.5 Å². The molecule has 0 saturated carbocycles. The van der Waals surface area contributed by atoms with Crippen LogP contribution in [0, 0.1) is 0 Å². The fourth-order valence-electron chi connectivity index (χ4n) is 1.54. The average molecular weight is 173 g/mol. The molecular formula is C9H19NO2. The molecule has 1 unspecified atom stereocenters. The molecule has 0 spiro atoms. The van der Waals surface area contributed by atoms with Crippen LogP contribution in [-0.2, 0) is 9.47 Å². The number of unbranched alkanes of at least 4 members (excludes halogenated alkanes) is 1. The van der Waals surface area contributed by atoms with Gasteiger partial charge in [-0.05, 0) is 25.7 Å². The number of rotatable bonds is 5. The summed E-state index contributed by atoms with van der Waals surface area (Å²) in [6.45, 7) is 2.41. The van der Waals surface area contributed by atoms with E-state index in [1.165, 1.54) is 0 Å². The normalized spacial score (nSPS) is 29.5. The summed E-state index contributed by atoms with van der Waals surface area (Å²) in [6, 6.07) is 0. The first-order valence-corrected chi connectivity index (χ1v) is 4.62. The maximum Gasteiger partial charge on any atom is 0.0647 e. The molecule has 0 bridgehead atoms. The molecule has 3 nitrogen and oxygen atoms in total. The first-order chi connectivity index (χ1) is 5.77. The lowest BCUT2D eigenvalue weighted by molar-refractivity contribution is 0.168. The average Bonchev–Trinajstić information content (AvgIpc) is 2.47. The van der Waals surface area contributed by atoms with E-state index >= 15 is 0 Å². The number of methoxy groups -OCH3 is 1. The molecule has 0 amide bonds. The Morgan fingerprint density at radius 1 is 1.50 bits per heavy atom. The topological polar surface area (TPSA) is 44.5 Å². The van der Waals surface area contributed by atoms with Gasteiger partial charge in [-0.25, -0.2) is 0 Å². The van der Waals surface area contributed by atoms with Gasteiger partial charge in [0.2, 0.25) is 0 Å². The molecule has 1 heterocycles. The van der Waals surface area contributed by atoms with E-state index in [-0.39, 0.29) is 5.54 Å². The first kappa shape index (κ1) is 9.96. The van der Waals surface area contributed by atoms with Crippen molar-refractivity contribution in [3.8, 4) is 0 Å². The Kier molecular flexibility index (Phi) is 3.98. The first-order valence-electron chi connectivity index (χ1n) is 4.62. The molecule has 1 rings (SSSR count). The quantitative estimate of drug-likeness (QED) is 0.629. The van der Waals surface area contributed by atoms with Crippen LogP contribution < -0.4 is 5.73 Å². The lowest BCUT2D eigenvalue weighted by Crippen LogP contribution is -2.40. The summed E-state index contributed by atoms with van der Waals surface area (Å²) in [6.07, 6.45) is 4.33. The van der Waals surface area contributed by atoms with Crippen LogP contribution in [-0.4, -0.2) is 32.5 Å². The maximum absolute atomic E-state index is 6.08. The van der Waals surface area contributed by atoms with Gasteiger partial charge in [0.15, 0.2) is 0 Å². The Labute approximate surface area is 74.2 Å². The molecule has 0 aliphatic carbocycles. The lowest BCUT2D eigenvalue weighted by Gasteiger charge is -2.20. The molecule has 2 N–H and O–H groups in total. The van der Waals surface area contributed by atoms with Crippen LogP contribution in [0.15, 0.2) is 0 Å². The van der Waals surface area contributed by atoms with E-state index in [1.807, 2.05) is 0 Å². The Morgan fingerprint density at radius 3 is 2.92 bits per heavy atom. The summed E-state index contributed by atoms with van der Waals surface area (Å²) in [4.78, 5) is 0. The highest BCUT2D eigenvalue weighted by Gasteiger charge is 2.29. The highest BCUT2D eigenvalue weighted by molar-refractivity contribution is 4.87. The molecule has 0 aromatic heterocycles. The van der Waals surface area contributed by atoms with E-state index in [1.54, 1.807) is 7.11 Å². The van der Waals surface area contributed by atoms with Crippen LogP contribution in [0.4, 0.5) is 0 Å². The molecule has 0 aromatic carbocycles. The standard InChI is InChI=1S/C9H19NO2/c1-11-6-3-2-4-9(10)5-7-12-8-9/h2-8,10H2,1H3. The van der Waals surface area contributed by atoms with Gasteiger partial charge in [0.05, 0.1) is 6.61 Å². The number of hydrogen-bond donors (Lipinski definition) is 1. The van der Waals surface area contributed by atoms with Crippen molar-refractivity contribution in [1.82, 2.24) is 0 Å². The van der Waals surface area contributed by atoms with E-state index in [0.29, 0.717) is 0 Å². The predicted octanol–water partition coefficient (Wildman–Crippen LogP) is 0.921. The van der Waals surface area contributed by atoms with Crippen molar-refractivity contribution in [2.45, 2.75) is 31.2 Å². The molecule has 0 aromatic rings. The van der Waals surface area contributed by atoms with Crippen molar-refractivity contribution >= 4 is 0 Å². The Bertz CT molecular complexity index is 122. The summed E-state index contributed by atoms with van der Waals surface area (Å²) in [7, 11) is 1.73. The third-order valence-electron chi connectivity index (χ3n) is 2.41. The molecular weight excluding hydrogens is 154 g/mol. The maximum atomic E-state index is 6.08. The summed E-state index contributed by atoms with van der Waals surface area (Å²) >= 11 is 0. The largest absolute Gasteiger partial charge is 0.385 e. The highest BCUT2D eigenvalue weighted by Crippen LogP contribution is 2.21. The molecule has 0 radical (unpaired) electrons. The number of hydrogen-bond acceptors (Lipinski definition) is 3. The van der Waals surface area contributed by atoms with Crippen LogP contribution >= 0.6 is 0 Å². The van der Waals surface area contributed by atoms with Gasteiger partial charge in [-0.15, -0.1) is 0 Å². The zero-order valence-corrected chi connectivity index (χ0v) is 7.84. The summed E-state index contributed by atoms with van der Waals surface area (Å²) in [5.74, 6) is 0. The van der Waals surface area contributed by atoms with Crippen LogP contribution in [0.1, 0.15) is 25.7 Å². The zero-order chi connectivity index (χ0) is 8.86. The minimum atomic E-state index is -0.0340. The van der Waals surface area contributed by atoms with E-state index in [4.69, 9.17) is 15.2 Å². The molecule has 12 heavy (non-hydrogen) atoms.